The summed E-state index contributed by atoms with van der Waals surface area (Å²) in [6.45, 7) is 18.1. The number of likely N-dealkylation sites (tertiary alicyclic amines) is 1. The number of carbonyl (C=O) groups excluding carboxylic acids is 5. The number of morpholine rings is 1. The van der Waals surface area contributed by atoms with Gasteiger partial charge < -0.3 is 58.1 Å². The highest BCUT2D eigenvalue weighted by atomic mass is 16.5. The second kappa shape index (κ2) is 25.0. The molecule has 8 rings (SSSR count). The average Bonchev–Trinajstić information content (AvgIpc) is 3.98. The lowest BCUT2D eigenvalue weighted by molar-refractivity contribution is -0.156. The number of anilines is 1. The van der Waals surface area contributed by atoms with E-state index in [0.29, 0.717) is 97.7 Å². The second-order valence-corrected chi connectivity index (χ2v) is 22.8. The first kappa shape index (κ1) is 57.5. The summed E-state index contributed by atoms with van der Waals surface area (Å²) in [7, 11) is 6.96. The van der Waals surface area contributed by atoms with E-state index in [1.54, 1.807) is 43.3 Å². The number of carbonyl (C=O) groups is 5. The van der Waals surface area contributed by atoms with Crippen molar-refractivity contribution in [2.45, 2.75) is 123 Å². The van der Waals surface area contributed by atoms with Gasteiger partial charge >= 0.3 is 12.0 Å². The fourth-order valence-corrected chi connectivity index (χ4v) is 11.8. The standard InChI is InChI=1S/C57H84N10O10/c1-11-66-47-19-18-40-31-43(47)44(51(66)42-15-12-22-58-49(42)39(4)74-10)33-56(5,6)36-76-54(71)45-16-13-24-67(60-45)53(70)46(32-41-34-64(40)28-30-75-41)59-52(69)50(38(2)3)62(8)55(72)63-25-20-57(21-26-63)35-65(37-77-57)48(68)17-14-23-61(7)27-29-73-9/h12,14-15,17-19,22,31,38-39,41,45-46,50,60H,11,13,16,20-21,23-30,32-37H2,1-10H3,(H,59,69)/b17-14+/t39-,41-,45-,46-,50-/m0/s1. The van der Waals surface area contributed by atoms with Crippen LogP contribution in [-0.2, 0) is 55.8 Å². The third kappa shape index (κ3) is 13.1. The van der Waals surface area contributed by atoms with Crippen LogP contribution in [0.15, 0.2) is 48.7 Å². The Morgan fingerprint density at radius 1 is 1.04 bits per heavy atom. The number of piperidine rings is 1. The molecule has 5 aliphatic rings. The van der Waals surface area contributed by atoms with Crippen molar-refractivity contribution >= 4 is 46.3 Å². The minimum Gasteiger partial charge on any atom is -0.464 e. The maximum atomic E-state index is 14.9. The quantitative estimate of drug-likeness (QED) is 0.162. The van der Waals surface area contributed by atoms with Crippen LogP contribution in [0.4, 0.5) is 10.5 Å². The van der Waals surface area contributed by atoms with Crippen molar-refractivity contribution in [3.63, 3.8) is 0 Å². The molecule has 20 heteroatoms. The first-order valence-electron chi connectivity index (χ1n) is 27.7. The molecule has 20 nitrogen and oxygen atoms in total. The van der Waals surface area contributed by atoms with Gasteiger partial charge in [0.15, 0.2) is 0 Å². The summed E-state index contributed by atoms with van der Waals surface area (Å²) in [4.78, 5) is 85.3. The van der Waals surface area contributed by atoms with E-state index >= 15 is 0 Å². The number of hydrogen-bond acceptors (Lipinski definition) is 14. The number of nitrogens with zero attached hydrogens (tertiary/aromatic N) is 8. The number of pyridine rings is 1. The van der Waals surface area contributed by atoms with E-state index in [0.717, 1.165) is 45.6 Å². The average molecular weight is 1070 g/mol. The maximum Gasteiger partial charge on any atom is 0.324 e. The van der Waals surface area contributed by atoms with Crippen LogP contribution in [0.2, 0.25) is 0 Å². The SMILES string of the molecule is CCn1c(-c2cccnc2[C@H](C)OC)c2c3cc(ccc31)N1CCO[C@@H](C[C@H](NC(=O)[C@H](C(C)C)N(C)C(=O)N3CCC4(CC3)CN(C(=O)/C=C/CN(C)CCOC)CO4)C(=O)N3CCC[C@H](N3)C(=O)OCC(C)(C)C2)C1. The third-order valence-corrected chi connectivity index (χ3v) is 16.2. The van der Waals surface area contributed by atoms with Gasteiger partial charge in [0, 0.05) is 120 Å². The number of fused-ring (bicyclic) bond motifs is 6. The number of rotatable bonds is 14. The number of likely N-dealkylation sites (N-methyl/N-ethyl adjacent to an activating group) is 2. The molecule has 5 atom stereocenters. The van der Waals surface area contributed by atoms with Gasteiger partial charge in [0.1, 0.15) is 24.9 Å². The number of amides is 5. The molecule has 77 heavy (non-hydrogen) atoms. The second-order valence-electron chi connectivity index (χ2n) is 22.8. The first-order valence-corrected chi connectivity index (χ1v) is 27.7. The summed E-state index contributed by atoms with van der Waals surface area (Å²) in [6, 6.07) is 7.54. The fraction of sp³-hybridized carbons (Fsp3) is 0.649. The molecular formula is C57H84N10O10. The molecule has 0 radical (unpaired) electrons. The van der Waals surface area contributed by atoms with E-state index in [4.69, 9.17) is 28.7 Å². The molecule has 0 unspecified atom stereocenters. The molecule has 5 aliphatic heterocycles. The molecule has 7 heterocycles. The zero-order valence-corrected chi connectivity index (χ0v) is 47.2. The summed E-state index contributed by atoms with van der Waals surface area (Å²) in [5, 5.41) is 5.64. The van der Waals surface area contributed by atoms with Crippen molar-refractivity contribution in [3.05, 3.63) is 59.9 Å². The van der Waals surface area contributed by atoms with E-state index < -0.39 is 53.0 Å². The first-order chi connectivity index (χ1) is 36.9. The van der Waals surface area contributed by atoms with Crippen LogP contribution in [0.1, 0.15) is 91.0 Å². The molecule has 2 N–H and O–H groups in total. The van der Waals surface area contributed by atoms with Crippen molar-refractivity contribution in [3.8, 4) is 11.3 Å². The Hall–Kier alpha value is -5.64. The topological polar surface area (TPSA) is 193 Å². The van der Waals surface area contributed by atoms with E-state index in [9.17, 15) is 24.0 Å². The van der Waals surface area contributed by atoms with Crippen LogP contribution >= 0.6 is 0 Å². The predicted molar refractivity (Wildman–Crippen MR) is 293 cm³/mol. The Bertz CT molecular complexity index is 2610. The zero-order valence-electron chi connectivity index (χ0n) is 47.2. The van der Waals surface area contributed by atoms with Gasteiger partial charge in [0.05, 0.1) is 55.6 Å². The van der Waals surface area contributed by atoms with Crippen LogP contribution in [-0.4, -0.2) is 201 Å². The molecule has 422 valence electrons. The number of methoxy groups -OCH3 is 2. The molecule has 1 aromatic carbocycles. The van der Waals surface area contributed by atoms with Gasteiger partial charge in [-0.05, 0) is 94.8 Å². The van der Waals surface area contributed by atoms with Crippen LogP contribution in [0, 0.1) is 11.3 Å². The zero-order chi connectivity index (χ0) is 55.2. The summed E-state index contributed by atoms with van der Waals surface area (Å²) in [6.07, 6.45) is 7.31. The number of aryl methyl sites for hydroxylation is 1. The molecule has 4 saturated heterocycles. The number of ether oxygens (including phenoxy) is 5. The lowest BCUT2D eigenvalue weighted by Crippen LogP contribution is -2.63. The molecular weight excluding hydrogens is 985 g/mol. The normalized spacial score (nSPS) is 22.9. The number of hydrogen-bond donors (Lipinski definition) is 2. The van der Waals surface area contributed by atoms with Gasteiger partial charge in [-0.25, -0.2) is 10.2 Å². The Morgan fingerprint density at radius 3 is 2.55 bits per heavy atom. The molecule has 4 fully saturated rings. The van der Waals surface area contributed by atoms with Crippen LogP contribution in [0.25, 0.3) is 22.2 Å². The van der Waals surface area contributed by atoms with Crippen molar-refractivity contribution in [1.82, 2.24) is 44.9 Å². The minimum atomic E-state index is -1.07. The Morgan fingerprint density at radius 2 is 1.82 bits per heavy atom. The summed E-state index contributed by atoms with van der Waals surface area (Å²) >= 11 is 0. The lowest BCUT2D eigenvalue weighted by atomic mass is 9.84. The van der Waals surface area contributed by atoms with Gasteiger partial charge in [0.2, 0.25) is 11.8 Å². The van der Waals surface area contributed by atoms with E-state index in [1.165, 1.54) is 9.91 Å². The third-order valence-electron chi connectivity index (χ3n) is 16.2. The largest absolute Gasteiger partial charge is 0.464 e. The van der Waals surface area contributed by atoms with E-state index in [2.05, 4.69) is 70.1 Å². The lowest BCUT2D eigenvalue weighted by Gasteiger charge is -2.41. The Labute approximate surface area is 454 Å². The monoisotopic (exact) mass is 1070 g/mol. The molecule has 6 bridgehead atoms. The van der Waals surface area contributed by atoms with Crippen molar-refractivity contribution in [2.75, 3.05) is 112 Å². The number of cyclic esters (lactones) is 1. The van der Waals surface area contributed by atoms with Crippen LogP contribution < -0.4 is 15.6 Å². The Kier molecular flexibility index (Phi) is 18.7. The molecule has 0 saturated carbocycles. The molecule has 5 amide bonds. The summed E-state index contributed by atoms with van der Waals surface area (Å²) < 4.78 is 32.2. The van der Waals surface area contributed by atoms with Gasteiger partial charge in [-0.2, -0.15) is 0 Å². The highest BCUT2D eigenvalue weighted by Gasteiger charge is 2.46. The summed E-state index contributed by atoms with van der Waals surface area (Å²) in [5.41, 5.74) is 8.19. The van der Waals surface area contributed by atoms with Crippen LogP contribution in [0.5, 0.6) is 0 Å². The number of aromatic nitrogens is 2. The summed E-state index contributed by atoms with van der Waals surface area (Å²) in [5.74, 6) is -1.76. The Balaban J connectivity index is 1.02. The minimum absolute atomic E-state index is 0.115. The number of esters is 1. The smallest absolute Gasteiger partial charge is 0.324 e. The van der Waals surface area contributed by atoms with E-state index in [-0.39, 0.29) is 43.7 Å². The van der Waals surface area contributed by atoms with Gasteiger partial charge in [-0.1, -0.05) is 33.8 Å². The van der Waals surface area contributed by atoms with Crippen molar-refractivity contribution in [2.24, 2.45) is 11.3 Å². The molecule has 1 spiro atoms. The van der Waals surface area contributed by atoms with Crippen molar-refractivity contribution in [1.29, 1.82) is 0 Å². The number of nitrogens with one attached hydrogen (secondary N) is 2. The maximum absolute atomic E-state index is 14.9. The number of urea groups is 1. The molecule has 0 aliphatic carbocycles. The van der Waals surface area contributed by atoms with Gasteiger partial charge in [0.25, 0.3) is 5.91 Å². The highest BCUT2D eigenvalue weighted by molar-refractivity contribution is 5.95. The fourth-order valence-electron chi connectivity index (χ4n) is 11.8. The van der Waals surface area contributed by atoms with Crippen LogP contribution in [0.3, 0.4) is 0 Å². The molecule has 2 aromatic heterocycles. The van der Waals surface area contributed by atoms with Gasteiger partial charge in [-0.3, -0.25) is 29.2 Å². The number of benzene rings is 1. The van der Waals surface area contributed by atoms with E-state index in [1.807, 2.05) is 40.0 Å². The van der Waals surface area contributed by atoms with Gasteiger partial charge in [-0.15, -0.1) is 0 Å². The number of hydrazine groups is 1. The highest BCUT2D eigenvalue weighted by Crippen LogP contribution is 2.42. The molecule has 3 aromatic rings. The van der Waals surface area contributed by atoms with Crippen molar-refractivity contribution < 1.29 is 47.7 Å². The predicted octanol–water partition coefficient (Wildman–Crippen LogP) is 4.99.